The summed E-state index contributed by atoms with van der Waals surface area (Å²) < 4.78 is 28.7. The molecule has 0 spiro atoms. The molecule has 1 saturated heterocycles. The van der Waals surface area contributed by atoms with Gasteiger partial charge >= 0.3 is 0 Å². The Morgan fingerprint density at radius 3 is 2.62 bits per heavy atom. The van der Waals surface area contributed by atoms with E-state index in [0.717, 1.165) is 44.9 Å². The summed E-state index contributed by atoms with van der Waals surface area (Å²) in [6.07, 6.45) is 7.03. The maximum atomic E-state index is 13.0. The van der Waals surface area contributed by atoms with E-state index in [1.807, 2.05) is 6.92 Å². The van der Waals surface area contributed by atoms with Crippen LogP contribution in [0.3, 0.4) is 0 Å². The van der Waals surface area contributed by atoms with Crippen LogP contribution in [-0.2, 0) is 10.0 Å². The molecule has 6 nitrogen and oxygen atoms in total. The molecule has 2 heterocycles. The first kappa shape index (κ1) is 19.8. The molecule has 1 saturated carbocycles. The Hall–Kier alpha value is -0.960. The van der Waals surface area contributed by atoms with Gasteiger partial charge in [-0.2, -0.15) is 0 Å². The number of rotatable bonds is 5. The molecule has 0 radical (unpaired) electrons. The van der Waals surface area contributed by atoms with Crippen molar-refractivity contribution in [3.63, 3.8) is 0 Å². The Balaban J connectivity index is 1.77. The zero-order valence-corrected chi connectivity index (χ0v) is 16.9. The third kappa shape index (κ3) is 4.30. The van der Waals surface area contributed by atoms with Crippen LogP contribution in [-0.4, -0.2) is 44.4 Å². The average Bonchev–Trinajstić information content (AvgIpc) is 3.16. The highest BCUT2D eigenvalue weighted by Gasteiger charge is 2.35. The van der Waals surface area contributed by atoms with Crippen molar-refractivity contribution in [2.75, 3.05) is 13.1 Å². The van der Waals surface area contributed by atoms with Gasteiger partial charge in [0.15, 0.2) is 0 Å². The Morgan fingerprint density at radius 1 is 1.31 bits per heavy atom. The van der Waals surface area contributed by atoms with Crippen molar-refractivity contribution in [2.24, 2.45) is 11.7 Å². The number of hydrogen-bond acceptors (Lipinski definition) is 5. The highest BCUT2D eigenvalue weighted by atomic mass is 32.2. The second-order valence-electron chi connectivity index (χ2n) is 7.57. The molecule has 1 aromatic heterocycles. The largest absolute Gasteiger partial charge is 0.335 e. The Labute approximate surface area is 160 Å². The summed E-state index contributed by atoms with van der Waals surface area (Å²) in [5.41, 5.74) is 5.75. The molecule has 0 bridgehead atoms. The molecule has 3 rings (SSSR count). The van der Waals surface area contributed by atoms with Gasteiger partial charge in [-0.15, -0.1) is 11.3 Å². The lowest BCUT2D eigenvalue weighted by Crippen LogP contribution is -2.37. The van der Waals surface area contributed by atoms with Crippen molar-refractivity contribution < 1.29 is 13.2 Å². The molecule has 3 N–H and O–H groups in total. The molecule has 1 aliphatic heterocycles. The summed E-state index contributed by atoms with van der Waals surface area (Å²) in [6, 6.07) is 1.61. The van der Waals surface area contributed by atoms with Crippen LogP contribution in [0.1, 0.15) is 61.5 Å². The summed E-state index contributed by atoms with van der Waals surface area (Å²) in [4.78, 5) is 15.2. The van der Waals surface area contributed by atoms with Crippen LogP contribution in [0.2, 0.25) is 0 Å². The van der Waals surface area contributed by atoms with Gasteiger partial charge in [-0.25, -0.2) is 13.1 Å². The summed E-state index contributed by atoms with van der Waals surface area (Å²) >= 11 is 1.21. The second-order valence-corrected chi connectivity index (χ2v) is 10.2. The number of carbonyl (C=O) groups excluding carboxylic acids is 1. The van der Waals surface area contributed by atoms with E-state index in [1.165, 1.54) is 11.3 Å². The van der Waals surface area contributed by atoms with Gasteiger partial charge < -0.3 is 10.6 Å². The van der Waals surface area contributed by atoms with E-state index >= 15 is 0 Å². The van der Waals surface area contributed by atoms with Crippen LogP contribution < -0.4 is 10.5 Å². The molecular formula is C18H29N3O3S2. The van der Waals surface area contributed by atoms with E-state index in [4.69, 9.17) is 5.73 Å². The van der Waals surface area contributed by atoms with Crippen molar-refractivity contribution in [2.45, 2.75) is 68.8 Å². The van der Waals surface area contributed by atoms with Gasteiger partial charge in [0.2, 0.25) is 10.0 Å². The molecule has 1 amide bonds. The normalized spacial score (nSPS) is 25.4. The first-order valence-corrected chi connectivity index (χ1v) is 11.9. The van der Waals surface area contributed by atoms with Gasteiger partial charge in [0.25, 0.3) is 5.91 Å². The second kappa shape index (κ2) is 8.37. The summed E-state index contributed by atoms with van der Waals surface area (Å²) in [5, 5.41) is 1.69. The van der Waals surface area contributed by atoms with Gasteiger partial charge in [0.1, 0.15) is 9.77 Å². The molecule has 0 aromatic carbocycles. The van der Waals surface area contributed by atoms with E-state index in [-0.39, 0.29) is 28.8 Å². The maximum Gasteiger partial charge on any atom is 0.265 e. The first-order chi connectivity index (χ1) is 12.4. The lowest BCUT2D eigenvalue weighted by Gasteiger charge is -2.22. The molecule has 2 atom stereocenters. The molecule has 1 aromatic rings. The quantitative estimate of drug-likeness (QED) is 0.744. The predicted octanol–water partition coefficient (Wildman–Crippen LogP) is 2.56. The van der Waals surface area contributed by atoms with E-state index < -0.39 is 10.0 Å². The van der Waals surface area contributed by atoms with Crippen molar-refractivity contribution in [1.29, 1.82) is 0 Å². The molecule has 2 unspecified atom stereocenters. The SMILES string of the molecule is CC1CC(CN)CN1C(=O)c1sccc1S(=O)(=O)NC1CCCCCC1. The van der Waals surface area contributed by atoms with E-state index in [1.54, 1.807) is 16.3 Å². The fraction of sp³-hybridized carbons (Fsp3) is 0.722. The van der Waals surface area contributed by atoms with Crippen molar-refractivity contribution in [1.82, 2.24) is 9.62 Å². The third-order valence-electron chi connectivity index (χ3n) is 5.55. The van der Waals surface area contributed by atoms with Crippen LogP contribution in [0.4, 0.5) is 0 Å². The number of carbonyl (C=O) groups is 1. The fourth-order valence-electron chi connectivity index (χ4n) is 4.07. The van der Waals surface area contributed by atoms with Gasteiger partial charge in [-0.05, 0) is 50.1 Å². The number of likely N-dealkylation sites (tertiary alicyclic amines) is 1. The summed E-state index contributed by atoms with van der Waals surface area (Å²) in [5.74, 6) is 0.0998. The minimum atomic E-state index is -3.69. The molecular weight excluding hydrogens is 370 g/mol. The van der Waals surface area contributed by atoms with Gasteiger partial charge in [-0.3, -0.25) is 4.79 Å². The monoisotopic (exact) mass is 399 g/mol. The Bertz CT molecular complexity index is 724. The minimum absolute atomic E-state index is 0.0299. The molecule has 8 heteroatoms. The topological polar surface area (TPSA) is 92.5 Å². The highest BCUT2D eigenvalue weighted by molar-refractivity contribution is 7.89. The number of nitrogens with two attached hydrogens (primary N) is 1. The number of sulfonamides is 1. The molecule has 146 valence electrons. The highest BCUT2D eigenvalue weighted by Crippen LogP contribution is 2.30. The Kier molecular flexibility index (Phi) is 6.37. The van der Waals surface area contributed by atoms with Crippen molar-refractivity contribution in [3.8, 4) is 0 Å². The number of nitrogens with one attached hydrogen (secondary N) is 1. The first-order valence-electron chi connectivity index (χ1n) is 9.53. The van der Waals surface area contributed by atoms with Gasteiger partial charge in [0, 0.05) is 18.6 Å². The number of hydrogen-bond donors (Lipinski definition) is 2. The maximum absolute atomic E-state index is 13.0. The van der Waals surface area contributed by atoms with Gasteiger partial charge in [0.05, 0.1) is 0 Å². The molecule has 1 aliphatic carbocycles. The molecule has 26 heavy (non-hydrogen) atoms. The number of thiophene rings is 1. The van der Waals surface area contributed by atoms with E-state index in [9.17, 15) is 13.2 Å². The zero-order chi connectivity index (χ0) is 18.7. The van der Waals surface area contributed by atoms with Crippen LogP contribution in [0.15, 0.2) is 16.3 Å². The zero-order valence-electron chi connectivity index (χ0n) is 15.3. The van der Waals surface area contributed by atoms with Crippen LogP contribution in [0.25, 0.3) is 0 Å². The predicted molar refractivity (Wildman–Crippen MR) is 104 cm³/mol. The van der Waals surface area contributed by atoms with E-state index in [0.29, 0.717) is 18.0 Å². The van der Waals surface area contributed by atoms with Crippen LogP contribution >= 0.6 is 11.3 Å². The summed E-state index contributed by atoms with van der Waals surface area (Å²) in [6.45, 7) is 3.15. The third-order valence-corrected chi connectivity index (χ3v) is 8.14. The Morgan fingerprint density at radius 2 is 2.00 bits per heavy atom. The minimum Gasteiger partial charge on any atom is -0.335 e. The molecule has 2 aliphatic rings. The number of amides is 1. The van der Waals surface area contributed by atoms with Crippen molar-refractivity contribution in [3.05, 3.63) is 16.3 Å². The van der Waals surface area contributed by atoms with Crippen LogP contribution in [0.5, 0.6) is 0 Å². The lowest BCUT2D eigenvalue weighted by molar-refractivity contribution is 0.0745. The van der Waals surface area contributed by atoms with Crippen LogP contribution in [0, 0.1) is 5.92 Å². The van der Waals surface area contributed by atoms with Crippen molar-refractivity contribution >= 4 is 27.3 Å². The standard InChI is InChI=1S/C18H29N3O3S2/c1-13-10-14(11-19)12-21(13)18(22)17-16(8-9-25-17)26(23,24)20-15-6-4-2-3-5-7-15/h8-9,13-15,20H,2-7,10-12,19H2,1H3. The fourth-order valence-corrected chi connectivity index (χ4v) is 6.75. The summed E-state index contributed by atoms with van der Waals surface area (Å²) in [7, 11) is -3.69. The van der Waals surface area contributed by atoms with E-state index in [2.05, 4.69) is 4.72 Å². The molecule has 2 fully saturated rings. The smallest absolute Gasteiger partial charge is 0.265 e. The average molecular weight is 400 g/mol. The number of nitrogens with zero attached hydrogens (tertiary/aromatic N) is 1. The van der Waals surface area contributed by atoms with Gasteiger partial charge in [-0.1, -0.05) is 25.7 Å². The lowest BCUT2D eigenvalue weighted by atomic mass is 10.1.